The predicted octanol–water partition coefficient (Wildman–Crippen LogP) is 3.60. The summed E-state index contributed by atoms with van der Waals surface area (Å²) in [6.45, 7) is 2.19. The first-order chi connectivity index (χ1) is 19.0. The largest absolute Gasteiger partial charge is 0.504 e. The summed E-state index contributed by atoms with van der Waals surface area (Å²) in [4.78, 5) is 2.43. The van der Waals surface area contributed by atoms with Crippen molar-refractivity contribution in [3.63, 3.8) is 0 Å². The molecule has 9 atom stereocenters. The highest BCUT2D eigenvalue weighted by Crippen LogP contribution is 2.63. The number of likely N-dealkylation sites (tertiary alicyclic amines) is 1. The van der Waals surface area contributed by atoms with Crippen LogP contribution in [0.1, 0.15) is 54.4 Å². The summed E-state index contributed by atoms with van der Waals surface area (Å²) in [6, 6.07) is 11.6. The predicted molar refractivity (Wildman–Crippen MR) is 148 cm³/mol. The maximum absolute atomic E-state index is 10.4. The smallest absolute Gasteiger partial charge is 0.165 e. The number of nitrogens with one attached hydrogen (secondary N) is 1. The van der Waals surface area contributed by atoms with Crippen molar-refractivity contribution in [1.82, 2.24) is 10.2 Å². The van der Waals surface area contributed by atoms with Gasteiger partial charge in [0.1, 0.15) is 24.1 Å². The van der Waals surface area contributed by atoms with Crippen LogP contribution >= 0.6 is 0 Å². The average molecular weight is 527 g/mol. The van der Waals surface area contributed by atoms with Crippen LogP contribution in [0.25, 0.3) is 0 Å². The van der Waals surface area contributed by atoms with Gasteiger partial charge in [-0.15, -0.1) is 0 Å². The van der Waals surface area contributed by atoms with Gasteiger partial charge in [-0.1, -0.05) is 30.4 Å². The van der Waals surface area contributed by atoms with E-state index >= 15 is 0 Å². The Labute approximate surface area is 230 Å². The maximum Gasteiger partial charge on any atom is 0.165 e. The minimum Gasteiger partial charge on any atom is -0.504 e. The van der Waals surface area contributed by atoms with E-state index < -0.39 is 6.10 Å². The molecular weight excluding hydrogens is 488 g/mol. The van der Waals surface area contributed by atoms with E-state index in [1.165, 1.54) is 55.5 Å². The van der Waals surface area contributed by atoms with Crippen molar-refractivity contribution in [2.24, 2.45) is 11.8 Å². The van der Waals surface area contributed by atoms with Gasteiger partial charge in [-0.05, 0) is 94.3 Å². The van der Waals surface area contributed by atoms with Gasteiger partial charge in [-0.2, -0.15) is 0 Å². The van der Waals surface area contributed by atoms with Gasteiger partial charge in [0, 0.05) is 40.0 Å². The quantitative estimate of drug-likeness (QED) is 0.456. The molecule has 8 aliphatic rings. The highest BCUT2D eigenvalue weighted by atomic mass is 16.5. The fourth-order valence-corrected chi connectivity index (χ4v) is 10.6. The fraction of sp³-hybridized carbons (Fsp3) is 0.576. The molecule has 2 aromatic rings. The van der Waals surface area contributed by atoms with Crippen molar-refractivity contribution >= 4 is 0 Å². The van der Waals surface area contributed by atoms with E-state index in [1.54, 1.807) is 17.2 Å². The van der Waals surface area contributed by atoms with Crippen LogP contribution in [0.4, 0.5) is 0 Å². The van der Waals surface area contributed by atoms with Crippen molar-refractivity contribution in [1.29, 1.82) is 0 Å². The van der Waals surface area contributed by atoms with Gasteiger partial charge < -0.3 is 29.9 Å². The zero-order valence-corrected chi connectivity index (χ0v) is 22.6. The van der Waals surface area contributed by atoms with Crippen molar-refractivity contribution in [2.75, 3.05) is 20.1 Å². The minimum atomic E-state index is -0.594. The molecule has 4 aliphatic carbocycles. The van der Waals surface area contributed by atoms with Gasteiger partial charge in [-0.3, -0.25) is 0 Å². The third kappa shape index (κ3) is 2.74. The highest BCUT2D eigenvalue weighted by molar-refractivity contribution is 5.61. The highest BCUT2D eigenvalue weighted by Gasteiger charge is 2.64. The number of aliphatic hydroxyl groups is 1. The number of phenols is 1. The molecule has 10 rings (SSSR count). The Morgan fingerprint density at radius 1 is 0.974 bits per heavy atom. The number of hydrogen-bond acceptors (Lipinski definition) is 6. The van der Waals surface area contributed by atoms with E-state index in [0.29, 0.717) is 35.3 Å². The molecule has 6 heteroatoms. The Morgan fingerprint density at radius 2 is 1.87 bits per heavy atom. The molecule has 4 bridgehead atoms. The van der Waals surface area contributed by atoms with Gasteiger partial charge in [0.2, 0.25) is 0 Å². The molecule has 6 nitrogen and oxygen atoms in total. The summed E-state index contributed by atoms with van der Waals surface area (Å²) < 4.78 is 12.4. The molecule has 0 amide bonds. The number of aliphatic hydroxyl groups excluding tert-OH is 1. The monoisotopic (exact) mass is 526 g/mol. The number of likely N-dealkylation sites (N-methyl/N-ethyl adjacent to an activating group) is 1. The normalized spacial score (nSPS) is 42.9. The van der Waals surface area contributed by atoms with Gasteiger partial charge >= 0.3 is 0 Å². The first-order valence-electron chi connectivity index (χ1n) is 15.1. The number of benzene rings is 2. The van der Waals surface area contributed by atoms with Crippen LogP contribution in [-0.4, -0.2) is 65.6 Å². The molecule has 4 heterocycles. The lowest BCUT2D eigenvalue weighted by Crippen LogP contribution is -2.64. The summed E-state index contributed by atoms with van der Waals surface area (Å²) in [5, 5.41) is 24.4. The maximum atomic E-state index is 10.4. The topological polar surface area (TPSA) is 74.2 Å². The summed E-state index contributed by atoms with van der Waals surface area (Å²) in [7, 11) is 2.19. The van der Waals surface area contributed by atoms with Gasteiger partial charge in [0.15, 0.2) is 11.5 Å². The lowest BCUT2D eigenvalue weighted by molar-refractivity contribution is -0.0453. The molecule has 2 saturated heterocycles. The van der Waals surface area contributed by atoms with E-state index in [0.717, 1.165) is 25.3 Å². The summed E-state index contributed by atoms with van der Waals surface area (Å²) in [5.41, 5.74) is 5.83. The van der Waals surface area contributed by atoms with Crippen LogP contribution < -0.4 is 14.8 Å². The van der Waals surface area contributed by atoms with E-state index in [9.17, 15) is 10.2 Å². The molecule has 1 saturated carbocycles. The SMILES string of the molecule is CN1CC[C@]23c4c5ccc(O)c4O[C@H]2[C@@H](O)C=C[C@H]3[C@H]1C5.c1cc2c3c(c1)OC1CCC[C@H]4[C@@H](C2)NCC[C@]314. The van der Waals surface area contributed by atoms with Crippen molar-refractivity contribution in [3.8, 4) is 17.2 Å². The Morgan fingerprint density at radius 3 is 2.79 bits per heavy atom. The molecule has 2 aromatic carbocycles. The molecule has 204 valence electrons. The molecule has 0 radical (unpaired) electrons. The zero-order valence-electron chi connectivity index (χ0n) is 22.6. The van der Waals surface area contributed by atoms with Crippen LogP contribution in [-0.2, 0) is 23.7 Å². The number of aromatic hydroxyl groups is 1. The summed E-state index contributed by atoms with van der Waals surface area (Å²) in [6.07, 6.45) is 12.1. The first kappa shape index (κ1) is 23.2. The summed E-state index contributed by atoms with van der Waals surface area (Å²) in [5.74, 6) is 3.22. The van der Waals surface area contributed by atoms with Gasteiger partial charge in [-0.25, -0.2) is 0 Å². The third-order valence-corrected chi connectivity index (χ3v) is 12.1. The van der Waals surface area contributed by atoms with Crippen LogP contribution in [0.5, 0.6) is 17.2 Å². The van der Waals surface area contributed by atoms with Crippen molar-refractivity contribution in [2.45, 2.75) is 86.2 Å². The second kappa shape index (κ2) is 7.80. The Hall–Kier alpha value is -2.54. The van der Waals surface area contributed by atoms with Gasteiger partial charge in [0.25, 0.3) is 0 Å². The lowest BCUT2D eigenvalue weighted by Gasteiger charge is -2.56. The standard InChI is InChI=1S/C17H19NO3.C16H19NO/c1-18-7-6-17-10-3-5-13(20)16(17)21-15-12(19)4-2-9(14(15)17)8-11(10)18;1-3-10-9-12-11-4-2-6-14-16(11,7-8-17-12)15(10)13(5-1)18-14/h2-5,10-11,13,16,19-20H,6-8H2,1H3;1,3,5,11-12,14,17H,2,4,6-9H2/t10-,11+,13-,16-,17-;11-,12+,14?,16+/m00/s1. The molecule has 2 spiro atoms. The molecule has 0 aromatic heterocycles. The number of hydrogen-bond donors (Lipinski definition) is 3. The fourth-order valence-electron chi connectivity index (χ4n) is 10.6. The van der Waals surface area contributed by atoms with Crippen molar-refractivity contribution in [3.05, 3.63) is 64.7 Å². The van der Waals surface area contributed by atoms with E-state index in [1.807, 2.05) is 12.1 Å². The second-order valence-electron chi connectivity index (χ2n) is 13.4. The zero-order chi connectivity index (χ0) is 26.1. The molecule has 39 heavy (non-hydrogen) atoms. The molecular formula is C33H38N2O4. The lowest BCUT2D eigenvalue weighted by atomic mass is 9.52. The molecule has 1 unspecified atom stereocenters. The van der Waals surface area contributed by atoms with Crippen LogP contribution in [0.15, 0.2) is 42.5 Å². The Kier molecular flexibility index (Phi) is 4.64. The number of rotatable bonds is 0. The number of ether oxygens (including phenoxy) is 2. The van der Waals surface area contributed by atoms with Crippen LogP contribution in [0.3, 0.4) is 0 Å². The van der Waals surface area contributed by atoms with E-state index in [2.05, 4.69) is 41.5 Å². The van der Waals surface area contributed by atoms with Crippen molar-refractivity contribution < 1.29 is 19.7 Å². The first-order valence-corrected chi connectivity index (χ1v) is 15.1. The minimum absolute atomic E-state index is 0.160. The van der Waals surface area contributed by atoms with Crippen LogP contribution in [0, 0.1) is 11.8 Å². The molecule has 3 N–H and O–H groups in total. The second-order valence-corrected chi connectivity index (χ2v) is 13.4. The van der Waals surface area contributed by atoms with E-state index in [-0.39, 0.29) is 17.3 Å². The van der Waals surface area contributed by atoms with E-state index in [4.69, 9.17) is 9.47 Å². The number of piperidine rings is 2. The van der Waals surface area contributed by atoms with Crippen LogP contribution in [0.2, 0.25) is 0 Å². The Bertz CT molecular complexity index is 1410. The van der Waals surface area contributed by atoms with Gasteiger partial charge in [0.05, 0.1) is 0 Å². The third-order valence-electron chi connectivity index (χ3n) is 12.1. The average Bonchev–Trinajstić information content (AvgIpc) is 3.46. The Balaban J connectivity index is 0.000000115. The molecule has 4 aliphatic heterocycles. The summed E-state index contributed by atoms with van der Waals surface area (Å²) >= 11 is 0. The number of nitrogens with zero attached hydrogens (tertiary/aromatic N) is 1. The number of phenolic OH excluding ortho intramolecular Hbond substituents is 1. The molecule has 3 fully saturated rings.